The Bertz CT molecular complexity index is 1160. The van der Waals surface area contributed by atoms with Crippen molar-refractivity contribution in [2.24, 2.45) is 17.8 Å². The third kappa shape index (κ3) is 5.44. The molecular weight excluding hydrogens is 530 g/mol. The average Bonchev–Trinajstić information content (AvgIpc) is 3.56. The first-order chi connectivity index (χ1) is 20.1. The van der Waals surface area contributed by atoms with Gasteiger partial charge in [-0.2, -0.15) is 0 Å². The summed E-state index contributed by atoms with van der Waals surface area (Å²) in [5, 5.41) is 10.6. The topological polar surface area (TPSA) is 90.4 Å². The van der Waals surface area contributed by atoms with Crippen molar-refractivity contribution in [3.8, 4) is 0 Å². The number of amides is 3. The molecule has 2 bridgehead atoms. The predicted octanol–water partition coefficient (Wildman–Crippen LogP) is 4.19. The number of nitrogens with zero attached hydrogens (tertiary/aromatic N) is 3. The maximum absolute atomic E-state index is 14.7. The molecule has 42 heavy (non-hydrogen) atoms. The Morgan fingerprint density at radius 2 is 1.79 bits per heavy atom. The quantitative estimate of drug-likeness (QED) is 0.315. The number of hydrogen-bond donors (Lipinski definition) is 1. The SMILES string of the molecule is C=CCN(CCCC)C(=O)C1N([C@@H](CO)[C@@H](C)CC)C(=O)[C@@H]2[C@H](C(=O)N(CC=C)Cc3ccccc3)[C@]3(C)CCC12O3. The van der Waals surface area contributed by atoms with Crippen LogP contribution in [0.3, 0.4) is 0 Å². The van der Waals surface area contributed by atoms with Crippen LogP contribution in [0.25, 0.3) is 0 Å². The number of hydrogen-bond acceptors (Lipinski definition) is 5. The van der Waals surface area contributed by atoms with Crippen LogP contribution in [0, 0.1) is 17.8 Å². The number of fused-ring (bicyclic) bond motifs is 1. The molecule has 0 radical (unpaired) electrons. The summed E-state index contributed by atoms with van der Waals surface area (Å²) in [5.74, 6) is -2.22. The van der Waals surface area contributed by atoms with Crippen molar-refractivity contribution in [3.05, 3.63) is 61.2 Å². The smallest absolute Gasteiger partial charge is 0.248 e. The Morgan fingerprint density at radius 3 is 2.38 bits per heavy atom. The molecule has 3 heterocycles. The van der Waals surface area contributed by atoms with Crippen LogP contribution in [0.1, 0.15) is 65.4 Å². The predicted molar refractivity (Wildman–Crippen MR) is 163 cm³/mol. The molecule has 3 aliphatic rings. The number of aliphatic hydroxyl groups is 1. The first-order valence-corrected chi connectivity index (χ1v) is 15.6. The fourth-order valence-electron chi connectivity index (χ4n) is 7.55. The molecule has 2 unspecified atom stereocenters. The summed E-state index contributed by atoms with van der Waals surface area (Å²) in [6.45, 7) is 17.1. The molecule has 7 atom stereocenters. The van der Waals surface area contributed by atoms with Gasteiger partial charge in [0.1, 0.15) is 11.6 Å². The van der Waals surface area contributed by atoms with E-state index in [1.807, 2.05) is 51.1 Å². The molecule has 3 fully saturated rings. The first kappa shape index (κ1) is 32.0. The van der Waals surface area contributed by atoms with E-state index in [0.29, 0.717) is 39.0 Å². The monoisotopic (exact) mass is 579 g/mol. The minimum atomic E-state index is -1.14. The molecule has 4 rings (SSSR count). The molecule has 0 saturated carbocycles. The van der Waals surface area contributed by atoms with E-state index in [1.54, 1.807) is 26.9 Å². The van der Waals surface area contributed by atoms with Gasteiger partial charge in [0.05, 0.1) is 30.1 Å². The molecule has 1 aromatic carbocycles. The average molecular weight is 580 g/mol. The second-order valence-electron chi connectivity index (χ2n) is 12.5. The standard InChI is InChI=1S/C34H49N3O5/c1-7-11-21-35(19-8-2)32(41)29-34-18-17-33(6,42-34)27(28(34)31(40)37(29)26(23-38)24(5)10-4)30(39)36(20-9-3)22-25-15-13-12-14-16-25/h8-9,12-16,24,26-29,38H,2-3,7,10-11,17-23H2,1,4-6H3/t24-,26-,27+,28-,29?,33-,34?/m0/s1. The van der Waals surface area contributed by atoms with Crippen molar-refractivity contribution < 1.29 is 24.2 Å². The third-order valence-corrected chi connectivity index (χ3v) is 9.88. The number of aliphatic hydroxyl groups excluding tert-OH is 1. The highest BCUT2D eigenvalue weighted by molar-refractivity contribution is 5.99. The van der Waals surface area contributed by atoms with Crippen molar-refractivity contribution in [1.29, 1.82) is 0 Å². The fourth-order valence-corrected chi connectivity index (χ4v) is 7.55. The largest absolute Gasteiger partial charge is 0.394 e. The van der Waals surface area contributed by atoms with E-state index in [0.717, 1.165) is 24.8 Å². The molecular formula is C34H49N3O5. The summed E-state index contributed by atoms with van der Waals surface area (Å²) in [7, 11) is 0. The van der Waals surface area contributed by atoms with E-state index in [1.165, 1.54) is 0 Å². The zero-order valence-electron chi connectivity index (χ0n) is 25.8. The van der Waals surface area contributed by atoms with Crippen LogP contribution in [0.15, 0.2) is 55.6 Å². The van der Waals surface area contributed by atoms with E-state index in [-0.39, 0.29) is 30.2 Å². The molecule has 0 aromatic heterocycles. The Balaban J connectivity index is 1.80. The highest BCUT2D eigenvalue weighted by Gasteiger charge is 2.79. The van der Waals surface area contributed by atoms with Crippen LogP contribution in [0.5, 0.6) is 0 Å². The van der Waals surface area contributed by atoms with Crippen LogP contribution in [-0.4, -0.2) is 87.1 Å². The van der Waals surface area contributed by atoms with Gasteiger partial charge in [0.15, 0.2) is 0 Å². The van der Waals surface area contributed by atoms with Gasteiger partial charge in [-0.1, -0.05) is 76.1 Å². The van der Waals surface area contributed by atoms with Crippen LogP contribution in [0.2, 0.25) is 0 Å². The number of carbonyl (C=O) groups is 3. The lowest BCUT2D eigenvalue weighted by molar-refractivity contribution is -0.157. The van der Waals surface area contributed by atoms with Gasteiger partial charge in [0, 0.05) is 26.2 Å². The molecule has 3 amide bonds. The number of carbonyl (C=O) groups excluding carboxylic acids is 3. The summed E-state index contributed by atoms with van der Waals surface area (Å²) in [5.41, 5.74) is -1.03. The lowest BCUT2D eigenvalue weighted by Gasteiger charge is -2.41. The molecule has 1 spiro atoms. The number of unbranched alkanes of at least 4 members (excludes halogenated alkanes) is 1. The first-order valence-electron chi connectivity index (χ1n) is 15.6. The van der Waals surface area contributed by atoms with E-state index in [2.05, 4.69) is 20.1 Å². The molecule has 3 aliphatic heterocycles. The minimum absolute atomic E-state index is 0.0507. The van der Waals surface area contributed by atoms with Gasteiger partial charge in [0.25, 0.3) is 0 Å². The highest BCUT2D eigenvalue weighted by atomic mass is 16.5. The van der Waals surface area contributed by atoms with Crippen molar-refractivity contribution in [2.75, 3.05) is 26.2 Å². The van der Waals surface area contributed by atoms with E-state index < -0.39 is 35.1 Å². The van der Waals surface area contributed by atoms with Crippen molar-refractivity contribution in [1.82, 2.24) is 14.7 Å². The van der Waals surface area contributed by atoms with Gasteiger partial charge in [-0.25, -0.2) is 0 Å². The van der Waals surface area contributed by atoms with E-state index in [9.17, 15) is 19.5 Å². The molecule has 1 N–H and O–H groups in total. The highest BCUT2D eigenvalue weighted by Crippen LogP contribution is 2.64. The zero-order valence-corrected chi connectivity index (χ0v) is 25.8. The van der Waals surface area contributed by atoms with Gasteiger partial charge in [-0.3, -0.25) is 14.4 Å². The third-order valence-electron chi connectivity index (χ3n) is 9.88. The molecule has 0 aliphatic carbocycles. The van der Waals surface area contributed by atoms with Crippen molar-refractivity contribution in [2.45, 2.75) is 89.6 Å². The minimum Gasteiger partial charge on any atom is -0.394 e. The van der Waals surface area contributed by atoms with Crippen LogP contribution >= 0.6 is 0 Å². The molecule has 8 heteroatoms. The summed E-state index contributed by atoms with van der Waals surface area (Å²) < 4.78 is 6.87. The van der Waals surface area contributed by atoms with Gasteiger partial charge in [0.2, 0.25) is 17.7 Å². The van der Waals surface area contributed by atoms with Crippen molar-refractivity contribution in [3.63, 3.8) is 0 Å². The number of benzene rings is 1. The Morgan fingerprint density at radius 1 is 1.12 bits per heavy atom. The van der Waals surface area contributed by atoms with Crippen molar-refractivity contribution >= 4 is 17.7 Å². The van der Waals surface area contributed by atoms with Gasteiger partial charge < -0.3 is 24.5 Å². The summed E-state index contributed by atoms with van der Waals surface area (Å²) in [6, 6.07) is 8.29. The zero-order chi connectivity index (χ0) is 30.7. The second kappa shape index (κ2) is 13.1. The maximum atomic E-state index is 14.7. The number of likely N-dealkylation sites (tertiary alicyclic amines) is 1. The summed E-state index contributed by atoms with van der Waals surface area (Å²) in [4.78, 5) is 48.8. The Hall–Kier alpha value is -2.97. The molecule has 8 nitrogen and oxygen atoms in total. The van der Waals surface area contributed by atoms with Crippen LogP contribution < -0.4 is 0 Å². The molecule has 3 saturated heterocycles. The normalized spacial score (nSPS) is 29.2. The van der Waals surface area contributed by atoms with Gasteiger partial charge in [-0.05, 0) is 37.7 Å². The maximum Gasteiger partial charge on any atom is 0.248 e. The van der Waals surface area contributed by atoms with Gasteiger partial charge in [-0.15, -0.1) is 13.2 Å². The lowest BCUT2D eigenvalue weighted by Crippen LogP contribution is -2.60. The Labute approximate surface area is 251 Å². The van der Waals surface area contributed by atoms with Gasteiger partial charge >= 0.3 is 0 Å². The summed E-state index contributed by atoms with van der Waals surface area (Å²) in [6.07, 6.45) is 6.95. The van der Waals surface area contributed by atoms with Crippen LogP contribution in [-0.2, 0) is 25.7 Å². The van der Waals surface area contributed by atoms with E-state index in [4.69, 9.17) is 4.74 Å². The number of ether oxygens (including phenoxy) is 1. The second-order valence-corrected chi connectivity index (χ2v) is 12.5. The summed E-state index contributed by atoms with van der Waals surface area (Å²) >= 11 is 0. The van der Waals surface area contributed by atoms with E-state index >= 15 is 0 Å². The Kier molecular flexibility index (Phi) is 9.99. The van der Waals surface area contributed by atoms with Crippen LogP contribution in [0.4, 0.5) is 0 Å². The molecule has 230 valence electrons. The fraction of sp³-hybridized carbons (Fsp3) is 0.618. The lowest BCUT2D eigenvalue weighted by atomic mass is 9.66. The molecule has 1 aromatic rings. The number of rotatable bonds is 15.